The molecule has 2 amide bonds. The molecule has 1 N–H and O–H groups in total. The lowest BCUT2D eigenvalue weighted by atomic mass is 10.1. The Labute approximate surface area is 160 Å². The molecule has 1 fully saturated rings. The van der Waals surface area contributed by atoms with E-state index in [1.165, 1.54) is 16.7 Å². The fourth-order valence-corrected chi connectivity index (χ4v) is 3.47. The van der Waals surface area contributed by atoms with Crippen LogP contribution in [0.1, 0.15) is 5.56 Å². The van der Waals surface area contributed by atoms with Crippen LogP contribution >= 0.6 is 24.0 Å². The molecule has 0 atom stereocenters. The molecule has 2 heterocycles. The van der Waals surface area contributed by atoms with Gasteiger partial charge in [0, 0.05) is 23.2 Å². The average molecular weight is 381 g/mol. The summed E-state index contributed by atoms with van der Waals surface area (Å²) in [6.07, 6.45) is 4.78. The van der Waals surface area contributed by atoms with Gasteiger partial charge >= 0.3 is 0 Å². The summed E-state index contributed by atoms with van der Waals surface area (Å²) in [5.41, 5.74) is 0.703. The standard InChI is InChI=1S/C19H15N3O2S2/c1-2-11-22-18(24)15(16(23)21-19(22)25)12-13-7-6-10-20-17(13)26-14-8-4-3-5-9-14/h2-10,12H,1,11H2,(H,21,23,25)/b15-12+. The zero-order valence-corrected chi connectivity index (χ0v) is 15.3. The molecule has 1 saturated heterocycles. The van der Waals surface area contributed by atoms with E-state index in [1.54, 1.807) is 24.4 Å². The minimum atomic E-state index is -0.514. The van der Waals surface area contributed by atoms with Gasteiger partial charge in [0.2, 0.25) is 0 Å². The third-order valence-electron chi connectivity index (χ3n) is 3.56. The SMILES string of the molecule is C=CCN1C(=O)/C(=C/c2cccnc2Sc2ccccc2)C(=O)NC1=S. The van der Waals surface area contributed by atoms with Crippen LogP contribution in [0.3, 0.4) is 0 Å². The van der Waals surface area contributed by atoms with Gasteiger partial charge in [-0.3, -0.25) is 19.8 Å². The first-order chi connectivity index (χ1) is 12.6. The molecule has 7 heteroatoms. The number of hydrogen-bond acceptors (Lipinski definition) is 5. The molecular formula is C19H15N3O2S2. The molecule has 0 bridgehead atoms. The van der Waals surface area contributed by atoms with Crippen LogP contribution in [-0.4, -0.2) is 33.4 Å². The second-order valence-corrected chi connectivity index (χ2v) is 6.78. The molecule has 5 nitrogen and oxygen atoms in total. The Morgan fingerprint density at radius 1 is 1.19 bits per heavy atom. The minimum absolute atomic E-state index is 0.0170. The summed E-state index contributed by atoms with van der Waals surface area (Å²) in [5, 5.41) is 3.33. The second-order valence-electron chi connectivity index (χ2n) is 5.33. The Hall–Kier alpha value is -2.77. The van der Waals surface area contributed by atoms with Gasteiger partial charge in [-0.25, -0.2) is 4.98 Å². The number of thiocarbonyl (C=S) groups is 1. The largest absolute Gasteiger partial charge is 0.298 e. The number of nitrogens with one attached hydrogen (secondary N) is 1. The molecule has 1 aromatic heterocycles. The molecule has 1 aromatic carbocycles. The van der Waals surface area contributed by atoms with Crippen LogP contribution in [-0.2, 0) is 9.59 Å². The quantitative estimate of drug-likeness (QED) is 0.373. The zero-order chi connectivity index (χ0) is 18.5. The van der Waals surface area contributed by atoms with E-state index in [2.05, 4.69) is 16.9 Å². The van der Waals surface area contributed by atoms with Crippen LogP contribution in [0.2, 0.25) is 0 Å². The number of pyridine rings is 1. The molecule has 0 aliphatic carbocycles. The van der Waals surface area contributed by atoms with E-state index < -0.39 is 11.8 Å². The van der Waals surface area contributed by atoms with Crippen LogP contribution in [0.15, 0.2) is 76.8 Å². The Kier molecular flexibility index (Phi) is 5.60. The van der Waals surface area contributed by atoms with Crippen molar-refractivity contribution in [1.29, 1.82) is 0 Å². The van der Waals surface area contributed by atoms with Crippen molar-refractivity contribution in [3.63, 3.8) is 0 Å². The smallest absolute Gasteiger partial charge is 0.265 e. The first-order valence-electron chi connectivity index (χ1n) is 7.78. The van der Waals surface area contributed by atoms with Crippen molar-refractivity contribution in [2.45, 2.75) is 9.92 Å². The number of benzene rings is 1. The number of aromatic nitrogens is 1. The van der Waals surface area contributed by atoms with Gasteiger partial charge in [0.25, 0.3) is 11.8 Å². The highest BCUT2D eigenvalue weighted by atomic mass is 32.2. The van der Waals surface area contributed by atoms with Gasteiger partial charge in [0.05, 0.1) is 0 Å². The summed E-state index contributed by atoms with van der Waals surface area (Å²) in [5.74, 6) is -0.960. The van der Waals surface area contributed by atoms with E-state index in [-0.39, 0.29) is 17.2 Å². The number of carbonyl (C=O) groups is 2. The Morgan fingerprint density at radius 3 is 2.69 bits per heavy atom. The predicted octanol–water partition coefficient (Wildman–Crippen LogP) is 3.05. The predicted molar refractivity (Wildman–Crippen MR) is 105 cm³/mol. The van der Waals surface area contributed by atoms with E-state index >= 15 is 0 Å². The fourth-order valence-electron chi connectivity index (χ4n) is 2.34. The normalized spacial score (nSPS) is 15.9. The van der Waals surface area contributed by atoms with E-state index in [4.69, 9.17) is 12.2 Å². The number of carbonyl (C=O) groups excluding carboxylic acids is 2. The number of nitrogens with zero attached hydrogens (tertiary/aromatic N) is 2. The van der Waals surface area contributed by atoms with E-state index in [1.807, 2.05) is 36.4 Å². The van der Waals surface area contributed by atoms with Crippen LogP contribution in [0.4, 0.5) is 0 Å². The molecule has 0 unspecified atom stereocenters. The van der Waals surface area contributed by atoms with Crippen LogP contribution in [0.5, 0.6) is 0 Å². The lowest BCUT2D eigenvalue weighted by molar-refractivity contribution is -0.128. The summed E-state index contributed by atoms with van der Waals surface area (Å²) in [4.78, 5) is 31.6. The highest BCUT2D eigenvalue weighted by molar-refractivity contribution is 7.99. The van der Waals surface area contributed by atoms with Gasteiger partial charge in [-0.2, -0.15) is 0 Å². The van der Waals surface area contributed by atoms with Crippen molar-refractivity contribution in [3.05, 3.63) is 72.5 Å². The average Bonchev–Trinajstić information content (AvgIpc) is 2.64. The molecule has 0 radical (unpaired) electrons. The van der Waals surface area contributed by atoms with E-state index in [0.717, 1.165) is 4.90 Å². The van der Waals surface area contributed by atoms with Gasteiger partial charge in [-0.05, 0) is 36.5 Å². The van der Waals surface area contributed by atoms with Crippen molar-refractivity contribution < 1.29 is 9.59 Å². The highest BCUT2D eigenvalue weighted by Crippen LogP contribution is 2.30. The summed E-state index contributed by atoms with van der Waals surface area (Å²) in [6.45, 7) is 3.84. The summed E-state index contributed by atoms with van der Waals surface area (Å²) in [6, 6.07) is 13.3. The van der Waals surface area contributed by atoms with Crippen molar-refractivity contribution in [3.8, 4) is 0 Å². The molecule has 26 heavy (non-hydrogen) atoms. The first-order valence-corrected chi connectivity index (χ1v) is 9.00. The maximum absolute atomic E-state index is 12.6. The third-order valence-corrected chi connectivity index (χ3v) is 4.92. The number of rotatable bonds is 5. The monoisotopic (exact) mass is 381 g/mol. The van der Waals surface area contributed by atoms with Gasteiger partial charge in [-0.1, -0.05) is 42.1 Å². The number of amides is 2. The van der Waals surface area contributed by atoms with Crippen LogP contribution in [0, 0.1) is 0 Å². The van der Waals surface area contributed by atoms with Crippen molar-refractivity contribution >= 4 is 47.0 Å². The maximum Gasteiger partial charge on any atom is 0.265 e. The van der Waals surface area contributed by atoms with Gasteiger partial charge in [0.1, 0.15) is 10.6 Å². The van der Waals surface area contributed by atoms with E-state index in [0.29, 0.717) is 10.6 Å². The Morgan fingerprint density at radius 2 is 1.96 bits per heavy atom. The molecule has 0 spiro atoms. The van der Waals surface area contributed by atoms with Gasteiger partial charge in [-0.15, -0.1) is 6.58 Å². The molecular weight excluding hydrogens is 366 g/mol. The van der Waals surface area contributed by atoms with Crippen molar-refractivity contribution in [2.24, 2.45) is 0 Å². The highest BCUT2D eigenvalue weighted by Gasteiger charge is 2.32. The molecule has 0 saturated carbocycles. The van der Waals surface area contributed by atoms with Crippen LogP contribution < -0.4 is 5.32 Å². The lowest BCUT2D eigenvalue weighted by Gasteiger charge is -2.27. The fraction of sp³-hybridized carbons (Fsp3) is 0.0526. The van der Waals surface area contributed by atoms with Crippen LogP contribution in [0.25, 0.3) is 6.08 Å². The van der Waals surface area contributed by atoms with Gasteiger partial charge in [0.15, 0.2) is 5.11 Å². The molecule has 1 aliphatic rings. The number of hydrogen-bond donors (Lipinski definition) is 1. The minimum Gasteiger partial charge on any atom is -0.298 e. The topological polar surface area (TPSA) is 62.3 Å². The Bertz CT molecular complexity index is 910. The zero-order valence-electron chi connectivity index (χ0n) is 13.7. The van der Waals surface area contributed by atoms with Crippen molar-refractivity contribution in [2.75, 3.05) is 6.54 Å². The summed E-state index contributed by atoms with van der Waals surface area (Å²) >= 11 is 6.52. The molecule has 2 aromatic rings. The second kappa shape index (κ2) is 8.07. The summed E-state index contributed by atoms with van der Waals surface area (Å²) in [7, 11) is 0. The molecule has 1 aliphatic heterocycles. The maximum atomic E-state index is 12.6. The summed E-state index contributed by atoms with van der Waals surface area (Å²) < 4.78 is 0. The lowest BCUT2D eigenvalue weighted by Crippen LogP contribution is -2.53. The Balaban J connectivity index is 1.96. The van der Waals surface area contributed by atoms with E-state index in [9.17, 15) is 9.59 Å². The van der Waals surface area contributed by atoms with Gasteiger partial charge < -0.3 is 0 Å². The molecule has 3 rings (SSSR count). The first kappa shape index (κ1) is 18.0. The van der Waals surface area contributed by atoms with Crippen molar-refractivity contribution in [1.82, 2.24) is 15.2 Å². The third kappa shape index (κ3) is 3.89. The molecule has 130 valence electrons.